The molecule has 0 unspecified atom stereocenters. The van der Waals surface area contributed by atoms with Crippen molar-refractivity contribution in [1.29, 1.82) is 0 Å². The van der Waals surface area contributed by atoms with Crippen molar-refractivity contribution in [2.45, 2.75) is 26.2 Å². The molecule has 1 N–H and O–H groups in total. The molecule has 0 amide bonds. The molecule has 1 aromatic carbocycles. The van der Waals surface area contributed by atoms with Crippen molar-refractivity contribution in [2.75, 3.05) is 0 Å². The Morgan fingerprint density at radius 1 is 1.39 bits per heavy atom. The van der Waals surface area contributed by atoms with Gasteiger partial charge in [-0.15, -0.1) is 5.10 Å². The molecule has 0 saturated carbocycles. The fraction of sp³-hybridized carbons (Fsp3) is 0.333. The molecule has 2 aromatic rings. The molecule has 0 aliphatic carbocycles. The van der Waals surface area contributed by atoms with Crippen molar-refractivity contribution in [1.82, 2.24) is 20.2 Å². The minimum Gasteiger partial charge on any atom is -0.481 e. The van der Waals surface area contributed by atoms with E-state index in [9.17, 15) is 4.79 Å². The first-order valence-electron chi connectivity index (χ1n) is 5.79. The number of rotatable bonds is 5. The van der Waals surface area contributed by atoms with Gasteiger partial charge in [0.25, 0.3) is 0 Å². The Morgan fingerprint density at radius 3 is 2.89 bits per heavy atom. The Hall–Kier alpha value is -2.24. The highest BCUT2D eigenvalue weighted by atomic mass is 16.4. The lowest BCUT2D eigenvalue weighted by Gasteiger charge is -2.08. The standard InChI is InChI=1S/C12H14N4O2/c1-2-5-11-13-14-15-16(11)10-7-4-3-6-9(10)8-12(17)18/h3-4,6-7H,2,5,8H2,1H3,(H,17,18). The van der Waals surface area contributed by atoms with E-state index in [1.807, 2.05) is 25.1 Å². The summed E-state index contributed by atoms with van der Waals surface area (Å²) in [4.78, 5) is 10.8. The Kier molecular flexibility index (Phi) is 3.66. The fourth-order valence-corrected chi connectivity index (χ4v) is 1.80. The van der Waals surface area contributed by atoms with E-state index in [1.165, 1.54) is 0 Å². The molecule has 0 aliphatic heterocycles. The second kappa shape index (κ2) is 5.39. The molecular formula is C12H14N4O2. The summed E-state index contributed by atoms with van der Waals surface area (Å²) in [7, 11) is 0. The van der Waals surface area contributed by atoms with E-state index in [0.717, 1.165) is 24.4 Å². The van der Waals surface area contributed by atoms with Crippen LogP contribution in [0.5, 0.6) is 0 Å². The molecule has 0 spiro atoms. The van der Waals surface area contributed by atoms with Gasteiger partial charge in [-0.3, -0.25) is 4.79 Å². The van der Waals surface area contributed by atoms with Crippen molar-refractivity contribution in [2.24, 2.45) is 0 Å². The SMILES string of the molecule is CCCc1nnnn1-c1ccccc1CC(=O)O. The fourth-order valence-electron chi connectivity index (χ4n) is 1.80. The maximum Gasteiger partial charge on any atom is 0.307 e. The number of nitrogens with zero attached hydrogens (tertiary/aromatic N) is 4. The van der Waals surface area contributed by atoms with Crippen molar-refractivity contribution in [3.63, 3.8) is 0 Å². The summed E-state index contributed by atoms with van der Waals surface area (Å²) < 4.78 is 1.61. The summed E-state index contributed by atoms with van der Waals surface area (Å²) in [6.45, 7) is 2.04. The molecule has 1 heterocycles. The number of aliphatic carboxylic acids is 1. The third-order valence-corrected chi connectivity index (χ3v) is 2.57. The number of aryl methyl sites for hydroxylation is 1. The number of para-hydroxylation sites is 1. The molecule has 0 atom stereocenters. The van der Waals surface area contributed by atoms with Crippen LogP contribution in [0.15, 0.2) is 24.3 Å². The van der Waals surface area contributed by atoms with Gasteiger partial charge in [-0.2, -0.15) is 4.68 Å². The third-order valence-electron chi connectivity index (χ3n) is 2.57. The van der Waals surface area contributed by atoms with Gasteiger partial charge in [-0.1, -0.05) is 25.1 Å². The molecule has 0 bridgehead atoms. The number of tetrazole rings is 1. The summed E-state index contributed by atoms with van der Waals surface area (Å²) in [5.74, 6) is -0.122. The van der Waals surface area contributed by atoms with E-state index < -0.39 is 5.97 Å². The summed E-state index contributed by atoms with van der Waals surface area (Å²) in [6.07, 6.45) is 1.65. The van der Waals surface area contributed by atoms with Crippen LogP contribution in [0.4, 0.5) is 0 Å². The number of carboxylic acid groups (broad SMARTS) is 1. The highest BCUT2D eigenvalue weighted by Gasteiger charge is 2.12. The molecule has 2 rings (SSSR count). The zero-order valence-electron chi connectivity index (χ0n) is 10.1. The van der Waals surface area contributed by atoms with Gasteiger partial charge < -0.3 is 5.11 Å². The van der Waals surface area contributed by atoms with Crippen molar-refractivity contribution >= 4 is 5.97 Å². The molecule has 6 nitrogen and oxygen atoms in total. The van der Waals surface area contributed by atoms with Crippen LogP contribution < -0.4 is 0 Å². The number of carboxylic acids is 1. The van der Waals surface area contributed by atoms with Gasteiger partial charge in [-0.25, -0.2) is 0 Å². The monoisotopic (exact) mass is 246 g/mol. The predicted molar refractivity (Wildman–Crippen MR) is 64.5 cm³/mol. The predicted octanol–water partition coefficient (Wildman–Crippen LogP) is 1.24. The summed E-state index contributed by atoms with van der Waals surface area (Å²) in [6, 6.07) is 7.26. The molecule has 94 valence electrons. The lowest BCUT2D eigenvalue weighted by atomic mass is 10.1. The third kappa shape index (κ3) is 2.53. The summed E-state index contributed by atoms with van der Waals surface area (Å²) in [5.41, 5.74) is 1.43. The molecule has 0 radical (unpaired) electrons. The van der Waals surface area contributed by atoms with E-state index in [0.29, 0.717) is 5.56 Å². The number of benzene rings is 1. The zero-order valence-corrected chi connectivity index (χ0v) is 10.1. The van der Waals surface area contributed by atoms with E-state index >= 15 is 0 Å². The molecule has 0 saturated heterocycles. The van der Waals surface area contributed by atoms with Crippen LogP contribution in [-0.4, -0.2) is 31.3 Å². The van der Waals surface area contributed by atoms with E-state index in [1.54, 1.807) is 10.7 Å². The average molecular weight is 246 g/mol. The highest BCUT2D eigenvalue weighted by molar-refractivity contribution is 5.71. The van der Waals surface area contributed by atoms with Crippen LogP contribution in [0.1, 0.15) is 24.7 Å². The lowest BCUT2D eigenvalue weighted by Crippen LogP contribution is -2.09. The first-order chi connectivity index (χ1) is 8.72. The largest absolute Gasteiger partial charge is 0.481 e. The minimum absolute atomic E-state index is 0.0401. The Labute approximate surface area is 104 Å². The molecule has 0 fully saturated rings. The van der Waals surface area contributed by atoms with Crippen LogP contribution in [-0.2, 0) is 17.6 Å². The maximum absolute atomic E-state index is 10.8. The van der Waals surface area contributed by atoms with Gasteiger partial charge in [-0.05, 0) is 28.5 Å². The van der Waals surface area contributed by atoms with Gasteiger partial charge in [0.2, 0.25) is 0 Å². The van der Waals surface area contributed by atoms with Crippen molar-refractivity contribution in [3.05, 3.63) is 35.7 Å². The first-order valence-corrected chi connectivity index (χ1v) is 5.79. The number of aromatic nitrogens is 4. The lowest BCUT2D eigenvalue weighted by molar-refractivity contribution is -0.136. The van der Waals surface area contributed by atoms with Crippen LogP contribution >= 0.6 is 0 Å². The minimum atomic E-state index is -0.868. The summed E-state index contributed by atoms with van der Waals surface area (Å²) >= 11 is 0. The Balaban J connectivity index is 2.43. The molecule has 18 heavy (non-hydrogen) atoms. The van der Waals surface area contributed by atoms with Crippen LogP contribution in [0, 0.1) is 0 Å². The topological polar surface area (TPSA) is 80.9 Å². The van der Waals surface area contributed by atoms with Gasteiger partial charge in [0, 0.05) is 6.42 Å². The maximum atomic E-state index is 10.8. The van der Waals surface area contributed by atoms with Crippen molar-refractivity contribution < 1.29 is 9.90 Å². The first kappa shape index (κ1) is 12.2. The van der Waals surface area contributed by atoms with E-state index in [4.69, 9.17) is 5.11 Å². The van der Waals surface area contributed by atoms with E-state index in [-0.39, 0.29) is 6.42 Å². The van der Waals surface area contributed by atoms with Gasteiger partial charge in [0.1, 0.15) is 0 Å². The van der Waals surface area contributed by atoms with Crippen LogP contribution in [0.25, 0.3) is 5.69 Å². The molecule has 1 aromatic heterocycles. The second-order valence-electron chi connectivity index (χ2n) is 3.96. The quantitative estimate of drug-likeness (QED) is 0.858. The Morgan fingerprint density at radius 2 is 2.17 bits per heavy atom. The average Bonchev–Trinajstić information content (AvgIpc) is 2.78. The van der Waals surface area contributed by atoms with Gasteiger partial charge >= 0.3 is 5.97 Å². The smallest absolute Gasteiger partial charge is 0.307 e. The van der Waals surface area contributed by atoms with E-state index in [2.05, 4.69) is 15.5 Å². The number of carbonyl (C=O) groups is 1. The highest BCUT2D eigenvalue weighted by Crippen LogP contribution is 2.15. The van der Waals surface area contributed by atoms with Gasteiger partial charge in [0.05, 0.1) is 12.1 Å². The van der Waals surface area contributed by atoms with Crippen LogP contribution in [0.3, 0.4) is 0 Å². The van der Waals surface area contributed by atoms with Crippen molar-refractivity contribution in [3.8, 4) is 5.69 Å². The summed E-state index contributed by atoms with van der Waals surface area (Å²) in [5, 5.41) is 20.4. The normalized spacial score (nSPS) is 10.5. The molecule has 0 aliphatic rings. The number of hydrogen-bond donors (Lipinski definition) is 1. The van der Waals surface area contributed by atoms with Gasteiger partial charge in [0.15, 0.2) is 5.82 Å². The molecular weight excluding hydrogens is 232 g/mol. The molecule has 6 heteroatoms. The number of hydrogen-bond acceptors (Lipinski definition) is 4. The Bertz CT molecular complexity index is 551. The van der Waals surface area contributed by atoms with Crippen LogP contribution in [0.2, 0.25) is 0 Å². The second-order valence-corrected chi connectivity index (χ2v) is 3.96. The zero-order chi connectivity index (χ0) is 13.0.